The average Bonchev–Trinajstić information content (AvgIpc) is 3.09. The molecule has 0 fully saturated rings. The Bertz CT molecular complexity index is 708. The molecule has 0 amide bonds. The summed E-state index contributed by atoms with van der Waals surface area (Å²) in [5.41, 5.74) is 2.61. The zero-order chi connectivity index (χ0) is 18.9. The minimum atomic E-state index is 0.293. The predicted molar refractivity (Wildman–Crippen MR) is 105 cm³/mol. The van der Waals surface area contributed by atoms with Crippen molar-refractivity contribution in [3.05, 3.63) is 47.1 Å². The SMILES string of the molecule is CCNC(=NCCCc1nc(C(C)C)no1)N(C)Cc1ccccc1C. The van der Waals surface area contributed by atoms with Crippen molar-refractivity contribution in [2.75, 3.05) is 20.1 Å². The van der Waals surface area contributed by atoms with Crippen molar-refractivity contribution >= 4 is 5.96 Å². The summed E-state index contributed by atoms with van der Waals surface area (Å²) in [6.07, 6.45) is 1.64. The average molecular weight is 358 g/mol. The molecule has 26 heavy (non-hydrogen) atoms. The number of guanidine groups is 1. The van der Waals surface area contributed by atoms with Crippen LogP contribution in [0.1, 0.15) is 56.0 Å². The van der Waals surface area contributed by atoms with Gasteiger partial charge in [0.2, 0.25) is 5.89 Å². The van der Waals surface area contributed by atoms with Gasteiger partial charge in [-0.05, 0) is 31.4 Å². The van der Waals surface area contributed by atoms with Crippen LogP contribution in [0.25, 0.3) is 0 Å². The van der Waals surface area contributed by atoms with Crippen molar-refractivity contribution in [3.63, 3.8) is 0 Å². The Balaban J connectivity index is 1.89. The normalized spacial score (nSPS) is 11.8. The molecule has 0 radical (unpaired) electrons. The number of nitrogens with one attached hydrogen (secondary N) is 1. The lowest BCUT2D eigenvalue weighted by atomic mass is 10.1. The molecule has 0 unspecified atom stereocenters. The predicted octanol–water partition coefficient (Wildman–Crippen LogP) is 3.53. The lowest BCUT2D eigenvalue weighted by Crippen LogP contribution is -2.38. The molecule has 2 rings (SSSR count). The number of aryl methyl sites for hydroxylation is 2. The van der Waals surface area contributed by atoms with Gasteiger partial charge in [-0.25, -0.2) is 0 Å². The van der Waals surface area contributed by atoms with Gasteiger partial charge in [0.25, 0.3) is 0 Å². The Kier molecular flexibility index (Phi) is 7.63. The summed E-state index contributed by atoms with van der Waals surface area (Å²) < 4.78 is 5.28. The van der Waals surface area contributed by atoms with Gasteiger partial charge in [-0.15, -0.1) is 0 Å². The van der Waals surface area contributed by atoms with Crippen LogP contribution in [0.2, 0.25) is 0 Å². The highest BCUT2D eigenvalue weighted by molar-refractivity contribution is 5.79. The summed E-state index contributed by atoms with van der Waals surface area (Å²) in [6.45, 7) is 10.8. The maximum atomic E-state index is 5.28. The molecule has 6 nitrogen and oxygen atoms in total. The zero-order valence-corrected chi connectivity index (χ0v) is 16.6. The number of rotatable bonds is 8. The minimum absolute atomic E-state index is 0.293. The molecule has 0 bridgehead atoms. The second-order valence-electron chi connectivity index (χ2n) is 6.82. The van der Waals surface area contributed by atoms with Crippen LogP contribution in [0.3, 0.4) is 0 Å². The van der Waals surface area contributed by atoms with Crippen molar-refractivity contribution < 1.29 is 4.52 Å². The number of hydrogen-bond acceptors (Lipinski definition) is 4. The fraction of sp³-hybridized carbons (Fsp3) is 0.550. The summed E-state index contributed by atoms with van der Waals surface area (Å²) in [5.74, 6) is 2.68. The summed E-state index contributed by atoms with van der Waals surface area (Å²) in [5, 5.41) is 7.36. The molecule has 0 aliphatic heterocycles. The van der Waals surface area contributed by atoms with Gasteiger partial charge in [0.05, 0.1) is 0 Å². The molecule has 0 atom stereocenters. The number of benzene rings is 1. The van der Waals surface area contributed by atoms with Crippen LogP contribution in [0.5, 0.6) is 0 Å². The van der Waals surface area contributed by atoms with E-state index in [1.165, 1.54) is 11.1 Å². The van der Waals surface area contributed by atoms with Gasteiger partial charge in [0.1, 0.15) is 0 Å². The van der Waals surface area contributed by atoms with Crippen molar-refractivity contribution in [2.45, 2.75) is 53.0 Å². The summed E-state index contributed by atoms with van der Waals surface area (Å²) in [7, 11) is 2.07. The van der Waals surface area contributed by atoms with Crippen molar-refractivity contribution in [1.29, 1.82) is 0 Å². The number of hydrogen-bond donors (Lipinski definition) is 1. The molecule has 0 saturated heterocycles. The first-order valence-electron chi connectivity index (χ1n) is 9.37. The van der Waals surface area contributed by atoms with E-state index in [-0.39, 0.29) is 0 Å². The lowest BCUT2D eigenvalue weighted by Gasteiger charge is -2.23. The van der Waals surface area contributed by atoms with E-state index in [1.54, 1.807) is 0 Å². The Labute approximate surface area is 156 Å². The largest absolute Gasteiger partial charge is 0.357 e. The number of aliphatic imine (C=N–C) groups is 1. The molecule has 0 saturated carbocycles. The Hall–Kier alpha value is -2.37. The van der Waals surface area contributed by atoms with Crippen LogP contribution < -0.4 is 5.32 Å². The van der Waals surface area contributed by atoms with Gasteiger partial charge in [-0.3, -0.25) is 4.99 Å². The highest BCUT2D eigenvalue weighted by Gasteiger charge is 2.10. The van der Waals surface area contributed by atoms with Crippen LogP contribution in [0.4, 0.5) is 0 Å². The van der Waals surface area contributed by atoms with E-state index < -0.39 is 0 Å². The second kappa shape index (κ2) is 9.94. The van der Waals surface area contributed by atoms with E-state index >= 15 is 0 Å². The van der Waals surface area contributed by atoms with Crippen molar-refractivity contribution in [3.8, 4) is 0 Å². The molecule has 1 N–H and O–H groups in total. The van der Waals surface area contributed by atoms with Crippen LogP contribution >= 0.6 is 0 Å². The van der Waals surface area contributed by atoms with Crippen molar-refractivity contribution in [2.24, 2.45) is 4.99 Å². The maximum Gasteiger partial charge on any atom is 0.226 e. The van der Waals surface area contributed by atoms with Gasteiger partial charge in [-0.1, -0.05) is 43.3 Å². The summed E-state index contributed by atoms with van der Waals surface area (Å²) >= 11 is 0. The number of nitrogens with zero attached hydrogens (tertiary/aromatic N) is 4. The monoisotopic (exact) mass is 357 g/mol. The first-order valence-corrected chi connectivity index (χ1v) is 9.37. The quantitative estimate of drug-likeness (QED) is 0.445. The van der Waals surface area contributed by atoms with Crippen LogP contribution in [-0.2, 0) is 13.0 Å². The van der Waals surface area contributed by atoms with E-state index in [4.69, 9.17) is 9.52 Å². The molecule has 0 spiro atoms. The Morgan fingerprint density at radius 2 is 2.08 bits per heavy atom. The van der Waals surface area contributed by atoms with Gasteiger partial charge < -0.3 is 14.7 Å². The molecule has 142 valence electrons. The molecule has 2 aromatic rings. The van der Waals surface area contributed by atoms with E-state index in [9.17, 15) is 0 Å². The first-order chi connectivity index (χ1) is 12.5. The molecule has 1 heterocycles. The lowest BCUT2D eigenvalue weighted by molar-refractivity contribution is 0.369. The Morgan fingerprint density at radius 1 is 1.31 bits per heavy atom. The molecule has 0 aliphatic rings. The molecular formula is C20H31N5O. The fourth-order valence-electron chi connectivity index (χ4n) is 2.61. The zero-order valence-electron chi connectivity index (χ0n) is 16.6. The molecule has 1 aromatic carbocycles. The van der Waals surface area contributed by atoms with Gasteiger partial charge in [0, 0.05) is 39.0 Å². The van der Waals surface area contributed by atoms with E-state index in [2.05, 4.69) is 79.4 Å². The highest BCUT2D eigenvalue weighted by Crippen LogP contribution is 2.11. The maximum absolute atomic E-state index is 5.28. The molecule has 6 heteroatoms. The fourth-order valence-corrected chi connectivity index (χ4v) is 2.61. The molecule has 0 aliphatic carbocycles. The van der Waals surface area contributed by atoms with E-state index in [1.807, 2.05) is 0 Å². The van der Waals surface area contributed by atoms with E-state index in [0.29, 0.717) is 11.8 Å². The van der Waals surface area contributed by atoms with Crippen LogP contribution in [-0.4, -0.2) is 41.1 Å². The van der Waals surface area contributed by atoms with Crippen LogP contribution in [0, 0.1) is 6.92 Å². The molecule has 1 aromatic heterocycles. The number of aromatic nitrogens is 2. The van der Waals surface area contributed by atoms with Gasteiger partial charge >= 0.3 is 0 Å². The third-order valence-electron chi connectivity index (χ3n) is 4.18. The molecular weight excluding hydrogens is 326 g/mol. The standard InChI is InChI=1S/C20H31N5O/c1-6-21-20(25(5)14-17-11-8-7-10-16(17)4)22-13-9-12-18-23-19(15(2)3)24-26-18/h7-8,10-11,15H,6,9,12-14H2,1-5H3,(H,21,22). The topological polar surface area (TPSA) is 66.5 Å². The highest BCUT2D eigenvalue weighted by atomic mass is 16.5. The summed E-state index contributed by atoms with van der Waals surface area (Å²) in [6, 6.07) is 8.46. The van der Waals surface area contributed by atoms with Gasteiger partial charge in [0.15, 0.2) is 11.8 Å². The first kappa shape index (κ1) is 19.9. The third kappa shape index (κ3) is 5.86. The smallest absolute Gasteiger partial charge is 0.226 e. The van der Waals surface area contributed by atoms with Crippen LogP contribution in [0.15, 0.2) is 33.8 Å². The minimum Gasteiger partial charge on any atom is -0.357 e. The van der Waals surface area contributed by atoms with E-state index in [0.717, 1.165) is 44.3 Å². The van der Waals surface area contributed by atoms with Gasteiger partial charge in [-0.2, -0.15) is 4.98 Å². The second-order valence-corrected chi connectivity index (χ2v) is 6.82. The summed E-state index contributed by atoms with van der Waals surface area (Å²) in [4.78, 5) is 11.3. The third-order valence-corrected chi connectivity index (χ3v) is 4.18. The van der Waals surface area contributed by atoms with Crippen molar-refractivity contribution in [1.82, 2.24) is 20.4 Å². The Morgan fingerprint density at radius 3 is 2.73 bits per heavy atom.